The van der Waals surface area contributed by atoms with E-state index in [4.69, 9.17) is 4.74 Å². The Morgan fingerprint density at radius 3 is 3.00 bits per heavy atom. The smallest absolute Gasteiger partial charge is 0.224 e. The second-order valence-electron chi connectivity index (χ2n) is 3.09. The first kappa shape index (κ1) is 8.10. The molecule has 1 aliphatic heterocycles. The molecule has 0 aromatic heterocycles. The van der Waals surface area contributed by atoms with Crippen molar-refractivity contribution in [3.8, 4) is 5.75 Å². The maximum absolute atomic E-state index is 11.1. The molecule has 0 fully saturated rings. The molecule has 1 N–H and O–H groups in total. The summed E-state index contributed by atoms with van der Waals surface area (Å²) in [6.45, 7) is 0.637. The first-order chi connectivity index (χ1) is 6.29. The van der Waals surface area contributed by atoms with Crippen molar-refractivity contribution in [3.05, 3.63) is 29.3 Å². The molecule has 3 nitrogen and oxygen atoms in total. The van der Waals surface area contributed by atoms with Gasteiger partial charge in [-0.2, -0.15) is 0 Å². The maximum atomic E-state index is 11.1. The number of fused-ring (bicyclic) bond motifs is 1. The summed E-state index contributed by atoms with van der Waals surface area (Å²) < 4.78 is 5.08. The number of nitrogens with one attached hydrogen (secondary N) is 1. The van der Waals surface area contributed by atoms with Crippen molar-refractivity contribution in [2.75, 3.05) is 7.11 Å². The van der Waals surface area contributed by atoms with Gasteiger partial charge < -0.3 is 10.1 Å². The number of rotatable bonds is 1. The lowest BCUT2D eigenvalue weighted by atomic mass is 10.0. The molecule has 0 unspecified atom stereocenters. The summed E-state index contributed by atoms with van der Waals surface area (Å²) in [7, 11) is 1.63. The number of hydrogen-bond donors (Lipinski definition) is 1. The van der Waals surface area contributed by atoms with E-state index in [0.29, 0.717) is 13.0 Å². The van der Waals surface area contributed by atoms with Gasteiger partial charge in [-0.3, -0.25) is 4.79 Å². The summed E-state index contributed by atoms with van der Waals surface area (Å²) in [6.07, 6.45) is 0.465. The van der Waals surface area contributed by atoms with Crippen LogP contribution in [0.15, 0.2) is 18.2 Å². The van der Waals surface area contributed by atoms with Gasteiger partial charge in [-0.05, 0) is 23.3 Å². The molecule has 13 heavy (non-hydrogen) atoms. The Hall–Kier alpha value is -1.51. The van der Waals surface area contributed by atoms with E-state index in [9.17, 15) is 4.79 Å². The molecule has 0 saturated heterocycles. The Balaban J connectivity index is 2.38. The van der Waals surface area contributed by atoms with Crippen LogP contribution in [0.4, 0.5) is 0 Å². The molecule has 0 aliphatic carbocycles. The van der Waals surface area contributed by atoms with Gasteiger partial charge in [0.25, 0.3) is 0 Å². The number of benzene rings is 1. The van der Waals surface area contributed by atoms with Crippen molar-refractivity contribution in [3.63, 3.8) is 0 Å². The molecule has 1 aromatic rings. The standard InChI is InChI=1S/C10H11NO2/c1-13-9-3-2-7-6-11-10(12)5-8(7)4-9/h2-4H,5-6H2,1H3,(H,11,12). The van der Waals surface area contributed by atoms with E-state index in [0.717, 1.165) is 11.3 Å². The lowest BCUT2D eigenvalue weighted by Crippen LogP contribution is -2.30. The SMILES string of the molecule is COc1ccc2c(c1)CC(=O)NC2. The van der Waals surface area contributed by atoms with Crippen LogP contribution in [0.3, 0.4) is 0 Å². The minimum absolute atomic E-state index is 0.0840. The van der Waals surface area contributed by atoms with Crippen LogP contribution < -0.4 is 10.1 Å². The van der Waals surface area contributed by atoms with Crippen molar-refractivity contribution in [2.45, 2.75) is 13.0 Å². The molecule has 0 radical (unpaired) electrons. The maximum Gasteiger partial charge on any atom is 0.224 e. The topological polar surface area (TPSA) is 38.3 Å². The molecule has 1 heterocycles. The summed E-state index contributed by atoms with van der Waals surface area (Å²) in [5.74, 6) is 0.897. The van der Waals surface area contributed by atoms with Gasteiger partial charge >= 0.3 is 0 Å². The molecule has 3 heteroatoms. The van der Waals surface area contributed by atoms with Crippen molar-refractivity contribution < 1.29 is 9.53 Å². The molecule has 68 valence electrons. The third kappa shape index (κ3) is 1.49. The monoisotopic (exact) mass is 177 g/mol. The van der Waals surface area contributed by atoms with Gasteiger partial charge in [0.1, 0.15) is 5.75 Å². The Morgan fingerprint density at radius 2 is 2.23 bits per heavy atom. The third-order valence-electron chi connectivity index (χ3n) is 2.24. The minimum atomic E-state index is 0.0840. The summed E-state index contributed by atoms with van der Waals surface area (Å²) in [6, 6.07) is 5.83. The molecule has 1 aromatic carbocycles. The predicted molar refractivity (Wildman–Crippen MR) is 48.5 cm³/mol. The van der Waals surface area contributed by atoms with Crippen molar-refractivity contribution >= 4 is 5.91 Å². The van der Waals surface area contributed by atoms with Gasteiger partial charge in [0.05, 0.1) is 13.5 Å². The van der Waals surface area contributed by atoms with Crippen LogP contribution in [-0.4, -0.2) is 13.0 Å². The predicted octanol–water partition coefficient (Wildman–Crippen LogP) is 0.867. The normalized spacial score (nSPS) is 14.7. The van der Waals surface area contributed by atoms with Crippen LogP contribution in [0.1, 0.15) is 11.1 Å². The fourth-order valence-electron chi connectivity index (χ4n) is 1.50. The molecular formula is C10H11NO2. The number of amides is 1. The first-order valence-corrected chi connectivity index (χ1v) is 4.22. The number of carbonyl (C=O) groups excluding carboxylic acids is 1. The van der Waals surface area contributed by atoms with E-state index >= 15 is 0 Å². The molecule has 0 atom stereocenters. The van der Waals surface area contributed by atoms with Gasteiger partial charge in [-0.25, -0.2) is 0 Å². The van der Waals surface area contributed by atoms with Crippen molar-refractivity contribution in [2.24, 2.45) is 0 Å². The number of hydrogen-bond acceptors (Lipinski definition) is 2. The van der Waals surface area contributed by atoms with Crippen LogP contribution >= 0.6 is 0 Å². The molecule has 1 aliphatic rings. The van der Waals surface area contributed by atoms with E-state index in [1.165, 1.54) is 5.56 Å². The molecule has 1 amide bonds. The zero-order chi connectivity index (χ0) is 9.26. The van der Waals surface area contributed by atoms with Crippen molar-refractivity contribution in [1.82, 2.24) is 5.32 Å². The number of carbonyl (C=O) groups is 1. The summed E-state index contributed by atoms with van der Waals surface area (Å²) in [5.41, 5.74) is 2.25. The largest absolute Gasteiger partial charge is 0.497 e. The lowest BCUT2D eigenvalue weighted by Gasteiger charge is -2.16. The Kier molecular flexibility index (Phi) is 1.93. The van der Waals surface area contributed by atoms with E-state index in [1.807, 2.05) is 18.2 Å². The number of ether oxygens (including phenoxy) is 1. The highest BCUT2D eigenvalue weighted by atomic mass is 16.5. The van der Waals surface area contributed by atoms with Crippen LogP contribution in [-0.2, 0) is 17.8 Å². The van der Waals surface area contributed by atoms with Crippen LogP contribution in [0.25, 0.3) is 0 Å². The summed E-state index contributed by atoms with van der Waals surface area (Å²) in [5, 5.41) is 2.80. The lowest BCUT2D eigenvalue weighted by molar-refractivity contribution is -0.121. The van der Waals surface area contributed by atoms with Gasteiger partial charge in [0, 0.05) is 6.54 Å². The van der Waals surface area contributed by atoms with Gasteiger partial charge in [-0.1, -0.05) is 6.07 Å². The van der Waals surface area contributed by atoms with E-state index in [-0.39, 0.29) is 5.91 Å². The third-order valence-corrected chi connectivity index (χ3v) is 2.24. The summed E-state index contributed by atoms with van der Waals surface area (Å²) in [4.78, 5) is 11.1. The molecular weight excluding hydrogens is 166 g/mol. The van der Waals surface area contributed by atoms with Gasteiger partial charge in [-0.15, -0.1) is 0 Å². The zero-order valence-electron chi connectivity index (χ0n) is 7.46. The van der Waals surface area contributed by atoms with E-state index in [1.54, 1.807) is 7.11 Å². The minimum Gasteiger partial charge on any atom is -0.497 e. The van der Waals surface area contributed by atoms with E-state index in [2.05, 4.69) is 5.32 Å². The average Bonchev–Trinajstić information content (AvgIpc) is 2.16. The van der Waals surface area contributed by atoms with E-state index < -0.39 is 0 Å². The highest BCUT2D eigenvalue weighted by Crippen LogP contribution is 2.20. The zero-order valence-corrected chi connectivity index (χ0v) is 7.46. The quantitative estimate of drug-likeness (QED) is 0.691. The molecule has 2 rings (SSSR count). The first-order valence-electron chi connectivity index (χ1n) is 4.22. The highest BCUT2D eigenvalue weighted by molar-refractivity contribution is 5.80. The van der Waals surface area contributed by atoms with Gasteiger partial charge in [0.2, 0.25) is 5.91 Å². The Morgan fingerprint density at radius 1 is 1.38 bits per heavy atom. The molecule has 0 bridgehead atoms. The van der Waals surface area contributed by atoms with Crippen LogP contribution in [0, 0.1) is 0 Å². The Bertz CT molecular complexity index is 347. The van der Waals surface area contributed by atoms with Gasteiger partial charge in [0.15, 0.2) is 0 Å². The second-order valence-corrected chi connectivity index (χ2v) is 3.09. The molecule has 0 saturated carbocycles. The second kappa shape index (κ2) is 3.09. The Labute approximate surface area is 76.7 Å². The fourth-order valence-corrected chi connectivity index (χ4v) is 1.50. The summed E-state index contributed by atoms with van der Waals surface area (Å²) >= 11 is 0. The fraction of sp³-hybridized carbons (Fsp3) is 0.300. The highest BCUT2D eigenvalue weighted by Gasteiger charge is 2.14. The average molecular weight is 177 g/mol. The number of methoxy groups -OCH3 is 1. The molecule has 0 spiro atoms. The van der Waals surface area contributed by atoms with Crippen LogP contribution in [0.5, 0.6) is 5.75 Å². The van der Waals surface area contributed by atoms with Crippen LogP contribution in [0.2, 0.25) is 0 Å². The van der Waals surface area contributed by atoms with Crippen molar-refractivity contribution in [1.29, 1.82) is 0 Å².